The molecular formula is C13H28N2S. The second kappa shape index (κ2) is 6.87. The summed E-state index contributed by atoms with van der Waals surface area (Å²) in [6, 6.07) is 0.691. The molecule has 1 aliphatic carbocycles. The Balaban J connectivity index is 2.38. The van der Waals surface area contributed by atoms with E-state index in [1.54, 1.807) is 0 Å². The standard InChI is InChI=1S/C13H28N2S/c1-12(6-9-16-3)15(2)11-13(10-14)7-4-5-8-13/h12H,4-11,14H2,1-3H3. The van der Waals surface area contributed by atoms with Crippen LogP contribution in [0.15, 0.2) is 0 Å². The molecule has 0 bridgehead atoms. The van der Waals surface area contributed by atoms with Crippen LogP contribution in [0, 0.1) is 5.41 Å². The van der Waals surface area contributed by atoms with Gasteiger partial charge in [-0.05, 0) is 57.2 Å². The van der Waals surface area contributed by atoms with E-state index in [0.717, 1.165) is 6.54 Å². The first-order valence-electron chi connectivity index (χ1n) is 6.53. The van der Waals surface area contributed by atoms with Gasteiger partial charge in [0.25, 0.3) is 0 Å². The van der Waals surface area contributed by atoms with Crippen LogP contribution in [0.1, 0.15) is 39.0 Å². The molecule has 0 saturated heterocycles. The summed E-state index contributed by atoms with van der Waals surface area (Å²) in [4.78, 5) is 2.52. The Morgan fingerprint density at radius 3 is 2.50 bits per heavy atom. The van der Waals surface area contributed by atoms with E-state index >= 15 is 0 Å². The number of hydrogen-bond acceptors (Lipinski definition) is 3. The fourth-order valence-electron chi connectivity index (χ4n) is 2.75. The van der Waals surface area contributed by atoms with Crippen LogP contribution >= 0.6 is 11.8 Å². The predicted octanol–water partition coefficient (Wildman–Crippen LogP) is 2.58. The third-order valence-corrected chi connectivity index (χ3v) is 4.82. The smallest absolute Gasteiger partial charge is 0.00719 e. The molecule has 0 heterocycles. The number of nitrogens with zero attached hydrogens (tertiary/aromatic N) is 1. The molecule has 0 amide bonds. The number of rotatable bonds is 7. The van der Waals surface area contributed by atoms with Crippen LogP contribution in [0.4, 0.5) is 0 Å². The average molecular weight is 244 g/mol. The molecule has 96 valence electrons. The zero-order valence-corrected chi connectivity index (χ0v) is 12.0. The van der Waals surface area contributed by atoms with Crippen LogP contribution in [-0.4, -0.2) is 43.1 Å². The van der Waals surface area contributed by atoms with Crippen LogP contribution in [0.3, 0.4) is 0 Å². The van der Waals surface area contributed by atoms with E-state index in [1.165, 1.54) is 44.4 Å². The molecule has 16 heavy (non-hydrogen) atoms. The highest BCUT2D eigenvalue weighted by atomic mass is 32.2. The Labute approximate surface area is 105 Å². The van der Waals surface area contributed by atoms with Gasteiger partial charge in [-0.1, -0.05) is 12.8 Å². The third kappa shape index (κ3) is 3.94. The van der Waals surface area contributed by atoms with Crippen LogP contribution < -0.4 is 5.73 Å². The molecule has 0 aromatic heterocycles. The van der Waals surface area contributed by atoms with Crippen molar-refractivity contribution in [2.24, 2.45) is 11.1 Å². The van der Waals surface area contributed by atoms with E-state index in [4.69, 9.17) is 5.73 Å². The molecule has 1 atom stereocenters. The van der Waals surface area contributed by atoms with E-state index in [1.807, 2.05) is 11.8 Å². The van der Waals surface area contributed by atoms with Gasteiger partial charge in [-0.2, -0.15) is 11.8 Å². The minimum atomic E-state index is 0.433. The van der Waals surface area contributed by atoms with Gasteiger partial charge in [0, 0.05) is 12.6 Å². The van der Waals surface area contributed by atoms with Gasteiger partial charge >= 0.3 is 0 Å². The Bertz CT molecular complexity index is 190. The molecule has 0 aromatic carbocycles. The Kier molecular flexibility index (Phi) is 6.16. The van der Waals surface area contributed by atoms with Crippen molar-refractivity contribution in [1.82, 2.24) is 4.90 Å². The van der Waals surface area contributed by atoms with Gasteiger partial charge < -0.3 is 10.6 Å². The van der Waals surface area contributed by atoms with Crippen molar-refractivity contribution >= 4 is 11.8 Å². The maximum Gasteiger partial charge on any atom is 0.00719 e. The molecule has 0 spiro atoms. The predicted molar refractivity (Wildman–Crippen MR) is 75.0 cm³/mol. The minimum Gasteiger partial charge on any atom is -0.330 e. The monoisotopic (exact) mass is 244 g/mol. The van der Waals surface area contributed by atoms with Gasteiger partial charge in [-0.3, -0.25) is 0 Å². The Morgan fingerprint density at radius 2 is 2.00 bits per heavy atom. The zero-order valence-electron chi connectivity index (χ0n) is 11.2. The summed E-state index contributed by atoms with van der Waals surface area (Å²) in [7, 11) is 2.26. The first-order valence-corrected chi connectivity index (χ1v) is 7.92. The lowest BCUT2D eigenvalue weighted by atomic mass is 9.85. The summed E-state index contributed by atoms with van der Waals surface area (Å²) in [5, 5.41) is 0. The maximum atomic E-state index is 5.99. The second-order valence-corrected chi connectivity index (χ2v) is 6.44. The largest absolute Gasteiger partial charge is 0.330 e. The summed E-state index contributed by atoms with van der Waals surface area (Å²) >= 11 is 1.94. The normalized spacial score (nSPS) is 21.6. The van der Waals surface area contributed by atoms with Crippen molar-refractivity contribution in [3.63, 3.8) is 0 Å². The SMILES string of the molecule is CSCCC(C)N(C)CC1(CN)CCCC1. The lowest BCUT2D eigenvalue weighted by Crippen LogP contribution is -2.42. The molecule has 2 nitrogen and oxygen atoms in total. The van der Waals surface area contributed by atoms with E-state index in [0.29, 0.717) is 11.5 Å². The number of nitrogens with two attached hydrogens (primary N) is 1. The van der Waals surface area contributed by atoms with Crippen molar-refractivity contribution in [3.05, 3.63) is 0 Å². The molecule has 1 rings (SSSR count). The third-order valence-electron chi connectivity index (χ3n) is 4.17. The molecule has 3 heteroatoms. The van der Waals surface area contributed by atoms with Crippen molar-refractivity contribution in [3.8, 4) is 0 Å². The number of hydrogen-bond donors (Lipinski definition) is 1. The molecular weight excluding hydrogens is 216 g/mol. The fourth-order valence-corrected chi connectivity index (χ4v) is 3.32. The van der Waals surface area contributed by atoms with Crippen LogP contribution in [-0.2, 0) is 0 Å². The highest BCUT2D eigenvalue weighted by molar-refractivity contribution is 7.98. The highest BCUT2D eigenvalue weighted by Crippen LogP contribution is 2.38. The molecule has 1 fully saturated rings. The van der Waals surface area contributed by atoms with Crippen LogP contribution in [0.25, 0.3) is 0 Å². The van der Waals surface area contributed by atoms with E-state index in [-0.39, 0.29) is 0 Å². The fraction of sp³-hybridized carbons (Fsp3) is 1.00. The van der Waals surface area contributed by atoms with E-state index in [9.17, 15) is 0 Å². The summed E-state index contributed by atoms with van der Waals surface area (Å²) in [6.45, 7) is 4.40. The van der Waals surface area contributed by atoms with Gasteiger partial charge in [0.15, 0.2) is 0 Å². The molecule has 0 aliphatic heterocycles. The molecule has 0 radical (unpaired) electrons. The van der Waals surface area contributed by atoms with Crippen molar-refractivity contribution in [2.75, 3.05) is 32.1 Å². The summed E-state index contributed by atoms with van der Waals surface area (Å²) in [5.41, 5.74) is 6.42. The zero-order chi connectivity index (χ0) is 12.0. The molecule has 2 N–H and O–H groups in total. The van der Waals surface area contributed by atoms with Crippen molar-refractivity contribution in [1.29, 1.82) is 0 Å². The summed E-state index contributed by atoms with van der Waals surface area (Å²) < 4.78 is 0. The highest BCUT2D eigenvalue weighted by Gasteiger charge is 2.34. The first-order chi connectivity index (χ1) is 7.63. The lowest BCUT2D eigenvalue weighted by molar-refractivity contribution is 0.148. The van der Waals surface area contributed by atoms with Gasteiger partial charge in [0.1, 0.15) is 0 Å². The van der Waals surface area contributed by atoms with Gasteiger partial charge in [-0.25, -0.2) is 0 Å². The minimum absolute atomic E-state index is 0.433. The molecule has 1 saturated carbocycles. The summed E-state index contributed by atoms with van der Waals surface area (Å²) in [6.07, 6.45) is 8.91. The van der Waals surface area contributed by atoms with Gasteiger partial charge in [-0.15, -0.1) is 0 Å². The average Bonchev–Trinajstić information content (AvgIpc) is 2.75. The molecule has 1 aliphatic rings. The van der Waals surface area contributed by atoms with E-state index in [2.05, 4.69) is 25.1 Å². The Morgan fingerprint density at radius 1 is 1.38 bits per heavy atom. The van der Waals surface area contributed by atoms with E-state index < -0.39 is 0 Å². The summed E-state index contributed by atoms with van der Waals surface area (Å²) in [5.74, 6) is 1.27. The van der Waals surface area contributed by atoms with Gasteiger partial charge in [0.05, 0.1) is 0 Å². The topological polar surface area (TPSA) is 29.3 Å². The Hall–Kier alpha value is 0.270. The molecule has 0 aromatic rings. The quantitative estimate of drug-likeness (QED) is 0.746. The maximum absolute atomic E-state index is 5.99. The first kappa shape index (κ1) is 14.3. The van der Waals surface area contributed by atoms with Crippen molar-refractivity contribution < 1.29 is 0 Å². The van der Waals surface area contributed by atoms with Crippen LogP contribution in [0.5, 0.6) is 0 Å². The van der Waals surface area contributed by atoms with Crippen molar-refractivity contribution in [2.45, 2.75) is 45.1 Å². The number of thioether (sulfide) groups is 1. The lowest BCUT2D eigenvalue weighted by Gasteiger charge is -2.35. The second-order valence-electron chi connectivity index (χ2n) is 5.46. The van der Waals surface area contributed by atoms with Gasteiger partial charge in [0.2, 0.25) is 0 Å². The molecule has 1 unspecified atom stereocenters. The van der Waals surface area contributed by atoms with Crippen LogP contribution in [0.2, 0.25) is 0 Å².